The van der Waals surface area contributed by atoms with Crippen molar-refractivity contribution in [2.45, 2.75) is 18.0 Å². The Morgan fingerprint density at radius 2 is 1.90 bits per heavy atom. The van der Waals surface area contributed by atoms with Gasteiger partial charge in [0, 0.05) is 6.08 Å². The Morgan fingerprint density at radius 3 is 2.60 bits per heavy atom. The minimum atomic E-state index is -3.67. The van der Waals surface area contributed by atoms with Gasteiger partial charge in [-0.3, -0.25) is 0 Å². The molecule has 0 aliphatic heterocycles. The largest absolute Gasteiger partial charge is 0.497 e. The molecule has 0 amide bonds. The number of benzene rings is 2. The Kier molecular flexibility index (Phi) is 7.05. The third kappa shape index (κ3) is 6.07. The van der Waals surface area contributed by atoms with Gasteiger partial charge in [-0.1, -0.05) is 24.3 Å². The number of nitrogens with one attached hydrogen (secondary N) is 1. The molecule has 1 heterocycles. The predicted octanol–water partition coefficient (Wildman–Crippen LogP) is 3.52. The lowest BCUT2D eigenvalue weighted by molar-refractivity contribution is -0.138. The maximum atomic E-state index is 12.3. The predicted molar refractivity (Wildman–Crippen MR) is 111 cm³/mol. The van der Waals surface area contributed by atoms with Crippen LogP contribution in [0.15, 0.2) is 82.3 Å². The Bertz CT molecular complexity index is 1100. The summed E-state index contributed by atoms with van der Waals surface area (Å²) < 4.78 is 42.5. The van der Waals surface area contributed by atoms with Gasteiger partial charge in [0.1, 0.15) is 18.1 Å². The molecule has 0 spiro atoms. The number of methoxy groups -OCH3 is 1. The van der Waals surface area contributed by atoms with E-state index in [1.807, 2.05) is 18.2 Å². The van der Waals surface area contributed by atoms with E-state index >= 15 is 0 Å². The van der Waals surface area contributed by atoms with Gasteiger partial charge in [-0.05, 0) is 53.6 Å². The SMILES string of the molecule is COc1cccc(COC(=O)C=Cc2ccc(S(=O)(=O)NCc3ccco3)cc2)c1. The lowest BCUT2D eigenvalue weighted by atomic mass is 10.2. The highest BCUT2D eigenvalue weighted by molar-refractivity contribution is 7.89. The van der Waals surface area contributed by atoms with E-state index in [0.717, 1.165) is 5.56 Å². The Labute approximate surface area is 175 Å². The fourth-order valence-corrected chi connectivity index (χ4v) is 3.54. The van der Waals surface area contributed by atoms with Crippen LogP contribution in [-0.4, -0.2) is 21.5 Å². The van der Waals surface area contributed by atoms with E-state index in [9.17, 15) is 13.2 Å². The van der Waals surface area contributed by atoms with E-state index < -0.39 is 16.0 Å². The Morgan fingerprint density at radius 1 is 1.10 bits per heavy atom. The molecule has 3 rings (SSSR count). The van der Waals surface area contributed by atoms with Crippen molar-refractivity contribution in [3.8, 4) is 5.75 Å². The van der Waals surface area contributed by atoms with E-state index in [-0.39, 0.29) is 18.0 Å². The van der Waals surface area contributed by atoms with E-state index in [1.165, 1.54) is 24.5 Å². The summed E-state index contributed by atoms with van der Waals surface area (Å²) in [7, 11) is -2.10. The van der Waals surface area contributed by atoms with Gasteiger partial charge in [-0.25, -0.2) is 17.9 Å². The van der Waals surface area contributed by atoms with Crippen molar-refractivity contribution in [3.63, 3.8) is 0 Å². The molecule has 2 aromatic carbocycles. The molecule has 0 aliphatic rings. The van der Waals surface area contributed by atoms with E-state index in [1.54, 1.807) is 43.5 Å². The van der Waals surface area contributed by atoms with Crippen LogP contribution in [0.3, 0.4) is 0 Å². The first-order valence-electron chi connectivity index (χ1n) is 9.06. The number of hydrogen-bond donors (Lipinski definition) is 1. The van der Waals surface area contributed by atoms with Crippen molar-refractivity contribution in [2.75, 3.05) is 7.11 Å². The highest BCUT2D eigenvalue weighted by Gasteiger charge is 2.14. The molecule has 3 aromatic rings. The summed E-state index contributed by atoms with van der Waals surface area (Å²) in [6.07, 6.45) is 4.33. The number of esters is 1. The quantitative estimate of drug-likeness (QED) is 0.415. The zero-order valence-electron chi connectivity index (χ0n) is 16.3. The molecule has 7 nitrogen and oxygen atoms in total. The Balaban J connectivity index is 1.53. The van der Waals surface area contributed by atoms with Crippen molar-refractivity contribution >= 4 is 22.1 Å². The fourth-order valence-electron chi connectivity index (χ4n) is 2.55. The van der Waals surface area contributed by atoms with Gasteiger partial charge in [0.2, 0.25) is 10.0 Å². The zero-order valence-corrected chi connectivity index (χ0v) is 17.1. The van der Waals surface area contributed by atoms with E-state index in [2.05, 4.69) is 4.72 Å². The van der Waals surface area contributed by atoms with Gasteiger partial charge in [0.25, 0.3) is 0 Å². The highest BCUT2D eigenvalue weighted by atomic mass is 32.2. The molecule has 0 fully saturated rings. The lowest BCUT2D eigenvalue weighted by Crippen LogP contribution is -2.22. The summed E-state index contributed by atoms with van der Waals surface area (Å²) in [6.45, 7) is 0.189. The summed E-state index contributed by atoms with van der Waals surface area (Å²) in [6, 6.07) is 16.8. The van der Waals surface area contributed by atoms with Gasteiger partial charge in [-0.15, -0.1) is 0 Å². The molecule has 0 unspecified atom stereocenters. The smallest absolute Gasteiger partial charge is 0.331 e. The molecule has 8 heteroatoms. The molecule has 30 heavy (non-hydrogen) atoms. The number of hydrogen-bond acceptors (Lipinski definition) is 6. The normalized spacial score (nSPS) is 11.5. The monoisotopic (exact) mass is 427 g/mol. The molecule has 0 bridgehead atoms. The molecular formula is C22H21NO6S. The van der Waals surface area contributed by atoms with Crippen LogP contribution in [0.4, 0.5) is 0 Å². The highest BCUT2D eigenvalue weighted by Crippen LogP contribution is 2.14. The van der Waals surface area contributed by atoms with Crippen LogP contribution in [0.25, 0.3) is 6.08 Å². The van der Waals surface area contributed by atoms with Crippen molar-refractivity contribution in [2.24, 2.45) is 0 Å². The second-order valence-corrected chi connectivity index (χ2v) is 8.03. The molecule has 0 aliphatic carbocycles. The topological polar surface area (TPSA) is 94.8 Å². The number of ether oxygens (including phenoxy) is 2. The molecule has 0 saturated heterocycles. The summed E-state index contributed by atoms with van der Waals surface area (Å²) in [4.78, 5) is 12.0. The molecule has 1 aromatic heterocycles. The second kappa shape index (κ2) is 9.91. The third-order valence-corrected chi connectivity index (χ3v) is 5.55. The zero-order chi connectivity index (χ0) is 21.4. The molecule has 156 valence electrons. The minimum Gasteiger partial charge on any atom is -0.497 e. The van der Waals surface area contributed by atoms with Gasteiger partial charge in [0.15, 0.2) is 0 Å². The number of sulfonamides is 1. The molecule has 0 saturated carbocycles. The summed E-state index contributed by atoms with van der Waals surface area (Å²) in [5.74, 6) is 0.702. The molecule has 0 radical (unpaired) electrons. The number of rotatable bonds is 9. The van der Waals surface area contributed by atoms with Gasteiger partial charge in [-0.2, -0.15) is 0 Å². The second-order valence-electron chi connectivity index (χ2n) is 6.27. The number of furan rings is 1. The molecule has 1 N–H and O–H groups in total. The van der Waals surface area contributed by atoms with Crippen molar-refractivity contribution in [1.29, 1.82) is 0 Å². The minimum absolute atomic E-state index is 0.0656. The summed E-state index contributed by atoms with van der Waals surface area (Å²) in [5, 5.41) is 0. The van der Waals surface area contributed by atoms with Crippen LogP contribution in [0.5, 0.6) is 5.75 Å². The van der Waals surface area contributed by atoms with Gasteiger partial charge in [0.05, 0.1) is 24.8 Å². The first-order chi connectivity index (χ1) is 14.5. The third-order valence-electron chi connectivity index (χ3n) is 4.13. The Hall–Kier alpha value is -3.36. The van der Waals surface area contributed by atoms with Crippen LogP contribution in [0.1, 0.15) is 16.9 Å². The summed E-state index contributed by atoms with van der Waals surface area (Å²) >= 11 is 0. The lowest BCUT2D eigenvalue weighted by Gasteiger charge is -2.06. The van der Waals surface area contributed by atoms with Gasteiger partial charge < -0.3 is 13.9 Å². The first kappa shape index (κ1) is 21.4. The van der Waals surface area contributed by atoms with Crippen molar-refractivity contribution in [1.82, 2.24) is 4.72 Å². The van der Waals surface area contributed by atoms with Crippen LogP contribution in [-0.2, 0) is 32.7 Å². The average Bonchev–Trinajstić information content (AvgIpc) is 3.29. The fraction of sp³-hybridized carbons (Fsp3) is 0.136. The number of carbonyl (C=O) groups is 1. The van der Waals surface area contributed by atoms with Crippen LogP contribution >= 0.6 is 0 Å². The maximum absolute atomic E-state index is 12.3. The van der Waals surface area contributed by atoms with Crippen LogP contribution in [0.2, 0.25) is 0 Å². The molecule has 0 atom stereocenters. The maximum Gasteiger partial charge on any atom is 0.331 e. The van der Waals surface area contributed by atoms with Crippen LogP contribution < -0.4 is 9.46 Å². The van der Waals surface area contributed by atoms with Gasteiger partial charge >= 0.3 is 5.97 Å². The van der Waals surface area contributed by atoms with Crippen molar-refractivity contribution in [3.05, 3.63) is 89.9 Å². The van der Waals surface area contributed by atoms with E-state index in [0.29, 0.717) is 17.1 Å². The average molecular weight is 427 g/mol. The summed E-state index contributed by atoms with van der Waals surface area (Å²) in [5.41, 5.74) is 1.48. The van der Waals surface area contributed by atoms with Crippen LogP contribution in [0, 0.1) is 0 Å². The number of carbonyl (C=O) groups excluding carboxylic acids is 1. The first-order valence-corrected chi connectivity index (χ1v) is 10.5. The molecular weight excluding hydrogens is 406 g/mol. The van der Waals surface area contributed by atoms with E-state index in [4.69, 9.17) is 13.9 Å². The van der Waals surface area contributed by atoms with Crippen molar-refractivity contribution < 1.29 is 27.1 Å². The standard InChI is InChI=1S/C22H21NO6S/c1-27-19-5-2-4-18(14-19)16-29-22(24)12-9-17-7-10-21(11-8-17)30(25,26)23-15-20-6-3-13-28-20/h2-14,23H,15-16H2,1H3.